The van der Waals surface area contributed by atoms with Crippen molar-refractivity contribution < 1.29 is 19.4 Å². The number of carboxylic acids is 1. The lowest BCUT2D eigenvalue weighted by Crippen LogP contribution is -2.28. The molecule has 0 saturated carbocycles. The van der Waals surface area contributed by atoms with Crippen molar-refractivity contribution in [1.29, 1.82) is 0 Å². The Balaban J connectivity index is 1.86. The van der Waals surface area contributed by atoms with E-state index in [1.165, 1.54) is 0 Å². The quantitative estimate of drug-likeness (QED) is 0.227. The minimum atomic E-state index is -0.973. The second-order valence-electron chi connectivity index (χ2n) is 10.9. The summed E-state index contributed by atoms with van der Waals surface area (Å²) in [6.07, 6.45) is 2.15. The first-order valence-electron chi connectivity index (χ1n) is 12.3. The van der Waals surface area contributed by atoms with Gasteiger partial charge in [0.25, 0.3) is 5.91 Å². The topological polar surface area (TPSA) is 107 Å². The van der Waals surface area contributed by atoms with Crippen molar-refractivity contribution in [3.05, 3.63) is 65.3 Å². The second-order valence-corrected chi connectivity index (χ2v) is 13.6. The molecule has 0 aliphatic heterocycles. The summed E-state index contributed by atoms with van der Waals surface area (Å²) in [5.41, 5.74) is 8.41. The molecule has 9 heteroatoms. The summed E-state index contributed by atoms with van der Waals surface area (Å²) < 4.78 is 7.71. The molecule has 0 radical (unpaired) electrons. The summed E-state index contributed by atoms with van der Waals surface area (Å²) in [6, 6.07) is 14.0. The highest BCUT2D eigenvalue weighted by atomic mass is 32.2. The molecule has 0 aliphatic carbocycles. The normalized spacial score (nSPS) is 12.1. The van der Waals surface area contributed by atoms with Crippen LogP contribution in [-0.2, 0) is 22.6 Å². The van der Waals surface area contributed by atoms with E-state index in [1.54, 1.807) is 43.1 Å². The van der Waals surface area contributed by atoms with E-state index in [-0.39, 0.29) is 11.4 Å². The van der Waals surface area contributed by atoms with E-state index in [4.69, 9.17) is 10.5 Å². The summed E-state index contributed by atoms with van der Waals surface area (Å²) >= 11 is 3.31. The van der Waals surface area contributed by atoms with Crippen molar-refractivity contribution >= 4 is 45.9 Å². The maximum Gasteiger partial charge on any atom is 0.309 e. The van der Waals surface area contributed by atoms with Crippen LogP contribution in [0.2, 0.25) is 0 Å². The number of carbonyl (C=O) groups is 2. The number of thioether (sulfide) groups is 1. The number of aromatic nitrogens is 2. The number of nitrogens with two attached hydrogens (primary N) is 1. The van der Waals surface area contributed by atoms with E-state index in [0.29, 0.717) is 18.7 Å². The molecule has 0 spiro atoms. The summed E-state index contributed by atoms with van der Waals surface area (Å²) in [5, 5.41) is 13.9. The number of fused-ring (bicyclic) bond motifs is 1. The van der Waals surface area contributed by atoms with Crippen LogP contribution < -0.4 is 10.5 Å². The number of benzene rings is 2. The molecule has 0 bridgehead atoms. The van der Waals surface area contributed by atoms with Crippen LogP contribution in [0.15, 0.2) is 58.9 Å². The van der Waals surface area contributed by atoms with Crippen LogP contribution >= 0.6 is 23.1 Å². The number of carbonyl (C=O) groups excluding carboxylic acids is 1. The summed E-state index contributed by atoms with van der Waals surface area (Å²) in [5.74, 6) is -0.850. The van der Waals surface area contributed by atoms with Crippen molar-refractivity contribution in [3.63, 3.8) is 0 Å². The van der Waals surface area contributed by atoms with Gasteiger partial charge < -0.3 is 20.1 Å². The van der Waals surface area contributed by atoms with Gasteiger partial charge in [-0.2, -0.15) is 0 Å². The van der Waals surface area contributed by atoms with Gasteiger partial charge in [-0.1, -0.05) is 45.0 Å². The monoisotopic (exact) mass is 551 g/mol. The van der Waals surface area contributed by atoms with Gasteiger partial charge in [-0.3, -0.25) is 9.59 Å². The van der Waals surface area contributed by atoms with Crippen molar-refractivity contribution in [3.8, 4) is 16.3 Å². The number of carboxylic acid groups (broad SMARTS) is 1. The molecule has 4 aromatic rings. The Bertz CT molecular complexity index is 1450. The van der Waals surface area contributed by atoms with E-state index < -0.39 is 17.3 Å². The first-order chi connectivity index (χ1) is 17.8. The number of ether oxygens (including phenoxy) is 1. The number of amides is 1. The summed E-state index contributed by atoms with van der Waals surface area (Å²) in [6.45, 7) is 10.3. The zero-order chi connectivity index (χ0) is 27.7. The maximum absolute atomic E-state index is 12.2. The lowest BCUT2D eigenvalue weighted by molar-refractivity contribution is -0.146. The second kappa shape index (κ2) is 10.8. The largest absolute Gasteiger partial charge is 0.484 e. The molecule has 0 aliphatic rings. The van der Waals surface area contributed by atoms with Gasteiger partial charge >= 0.3 is 5.97 Å². The van der Waals surface area contributed by atoms with Crippen LogP contribution in [0.1, 0.15) is 45.9 Å². The number of hydrogen-bond donors (Lipinski definition) is 2. The van der Waals surface area contributed by atoms with E-state index in [0.717, 1.165) is 37.6 Å². The standard InChI is InChI=1S/C29H33N3O4S2/c1-28(2,3)38-25-21-14-20(36-17-24(30)33)10-11-22(21)32(23(25)15-29(4,5)27(34)35)16-18-6-8-19(9-7-18)26-31-12-13-37-26/h6-14H,15-17H2,1-5H3,(H2,30,33)(H,34,35). The Morgan fingerprint density at radius 1 is 1.11 bits per heavy atom. The number of primary amides is 1. The van der Waals surface area contributed by atoms with Crippen LogP contribution in [-0.4, -0.2) is 37.9 Å². The molecule has 2 aromatic carbocycles. The van der Waals surface area contributed by atoms with E-state index in [1.807, 2.05) is 23.6 Å². The molecule has 2 aromatic heterocycles. The lowest BCUT2D eigenvalue weighted by Gasteiger charge is -2.24. The minimum absolute atomic E-state index is 0.124. The van der Waals surface area contributed by atoms with Gasteiger partial charge in [0, 0.05) is 56.3 Å². The van der Waals surface area contributed by atoms with Crippen LogP contribution in [0.3, 0.4) is 0 Å². The number of rotatable bonds is 10. The van der Waals surface area contributed by atoms with E-state index in [2.05, 4.69) is 54.6 Å². The van der Waals surface area contributed by atoms with Gasteiger partial charge in [0.1, 0.15) is 10.8 Å². The Hall–Kier alpha value is -3.30. The number of aliphatic carboxylic acids is 1. The Labute approximate surface area is 231 Å². The third kappa shape index (κ3) is 6.39. The zero-order valence-corrected chi connectivity index (χ0v) is 23.9. The molecule has 0 unspecified atom stereocenters. The first-order valence-corrected chi connectivity index (χ1v) is 14.0. The predicted octanol–water partition coefficient (Wildman–Crippen LogP) is 6.22. The van der Waals surface area contributed by atoms with E-state index in [9.17, 15) is 14.7 Å². The van der Waals surface area contributed by atoms with Crippen LogP contribution in [0.4, 0.5) is 0 Å². The molecule has 200 valence electrons. The molecule has 38 heavy (non-hydrogen) atoms. The highest BCUT2D eigenvalue weighted by Gasteiger charge is 2.32. The SMILES string of the molecule is CC(C)(C)Sc1c(CC(C)(C)C(=O)O)n(Cc2ccc(-c3nccs3)cc2)c2ccc(OCC(N)=O)cc12. The molecule has 2 heterocycles. The third-order valence-corrected chi connectivity index (χ3v) is 8.14. The average molecular weight is 552 g/mol. The number of thiazole rings is 1. The minimum Gasteiger partial charge on any atom is -0.484 e. The highest BCUT2D eigenvalue weighted by Crippen LogP contribution is 2.44. The van der Waals surface area contributed by atoms with E-state index >= 15 is 0 Å². The predicted molar refractivity (Wildman–Crippen MR) is 154 cm³/mol. The fourth-order valence-corrected chi connectivity index (χ4v) is 6.00. The molecule has 3 N–H and O–H groups in total. The first kappa shape index (κ1) is 27.7. The Morgan fingerprint density at radius 3 is 2.39 bits per heavy atom. The fourth-order valence-electron chi connectivity index (χ4n) is 4.17. The molecular weight excluding hydrogens is 518 g/mol. The van der Waals surface area contributed by atoms with Crippen molar-refractivity contribution in [2.24, 2.45) is 11.1 Å². The Morgan fingerprint density at radius 2 is 1.82 bits per heavy atom. The van der Waals surface area contributed by atoms with Gasteiger partial charge in [0.15, 0.2) is 6.61 Å². The van der Waals surface area contributed by atoms with Gasteiger partial charge in [0.2, 0.25) is 0 Å². The zero-order valence-electron chi connectivity index (χ0n) is 22.3. The summed E-state index contributed by atoms with van der Waals surface area (Å²) in [7, 11) is 0. The highest BCUT2D eigenvalue weighted by molar-refractivity contribution is 8.00. The van der Waals surface area contributed by atoms with Crippen LogP contribution in [0, 0.1) is 5.41 Å². The van der Waals surface area contributed by atoms with Crippen molar-refractivity contribution in [2.75, 3.05) is 6.61 Å². The number of hydrogen-bond acceptors (Lipinski definition) is 6. The average Bonchev–Trinajstić information content (AvgIpc) is 3.46. The van der Waals surface area contributed by atoms with Gasteiger partial charge in [-0.05, 0) is 37.6 Å². The molecule has 4 rings (SSSR count). The van der Waals surface area contributed by atoms with Gasteiger partial charge in [-0.25, -0.2) is 4.98 Å². The van der Waals surface area contributed by atoms with Crippen LogP contribution in [0.25, 0.3) is 21.5 Å². The maximum atomic E-state index is 12.2. The molecule has 0 saturated heterocycles. The van der Waals surface area contributed by atoms with Gasteiger partial charge in [0.05, 0.1) is 5.41 Å². The molecular formula is C29H33N3O4S2. The number of nitrogens with zero attached hydrogens (tertiary/aromatic N) is 2. The Kier molecular flexibility index (Phi) is 7.90. The van der Waals surface area contributed by atoms with Crippen LogP contribution in [0.5, 0.6) is 5.75 Å². The smallest absolute Gasteiger partial charge is 0.309 e. The molecule has 1 amide bonds. The van der Waals surface area contributed by atoms with Crippen molar-refractivity contribution in [1.82, 2.24) is 9.55 Å². The van der Waals surface area contributed by atoms with Gasteiger partial charge in [-0.15, -0.1) is 23.1 Å². The molecule has 0 fully saturated rings. The van der Waals surface area contributed by atoms with Crippen molar-refractivity contribution in [2.45, 2.75) is 57.2 Å². The fraction of sp³-hybridized carbons (Fsp3) is 0.345. The summed E-state index contributed by atoms with van der Waals surface area (Å²) in [4.78, 5) is 28.9. The molecule has 7 nitrogen and oxygen atoms in total. The molecule has 0 atom stereocenters. The third-order valence-electron chi connectivity index (χ3n) is 6.04. The lowest BCUT2D eigenvalue weighted by atomic mass is 9.88.